The highest BCUT2D eigenvalue weighted by molar-refractivity contribution is 9.09. The first kappa shape index (κ1) is 9.79. The lowest BCUT2D eigenvalue weighted by molar-refractivity contribution is 0.883. The van der Waals surface area contributed by atoms with Crippen LogP contribution >= 0.6 is 15.9 Å². The van der Waals surface area contributed by atoms with Crippen molar-refractivity contribution in [2.75, 3.05) is 5.33 Å². The minimum absolute atomic E-state index is 0.622. The molecule has 0 N–H and O–H groups in total. The highest BCUT2D eigenvalue weighted by Crippen LogP contribution is 2.18. The molecule has 0 aliphatic heterocycles. The van der Waals surface area contributed by atoms with E-state index < -0.39 is 0 Å². The van der Waals surface area contributed by atoms with Crippen LogP contribution in [0.2, 0.25) is 0 Å². The van der Waals surface area contributed by atoms with Gasteiger partial charge in [0.25, 0.3) is 0 Å². The van der Waals surface area contributed by atoms with Crippen LogP contribution in [0.15, 0.2) is 24.3 Å². The molecule has 0 spiro atoms. The van der Waals surface area contributed by atoms with Gasteiger partial charge >= 0.3 is 0 Å². The molecule has 0 nitrogen and oxygen atoms in total. The normalized spacial score (nSPS) is 12.9. The summed E-state index contributed by atoms with van der Waals surface area (Å²) in [5, 5.41) is 1.04. The molecule has 0 saturated heterocycles. The number of hydrogen-bond donors (Lipinski definition) is 0. The third-order valence-electron chi connectivity index (χ3n) is 2.16. The first-order valence-corrected chi connectivity index (χ1v) is 5.55. The SMILES string of the molecule is CCc1cccc(C(C)CBr)c1. The van der Waals surface area contributed by atoms with Gasteiger partial charge < -0.3 is 0 Å². The lowest BCUT2D eigenvalue weighted by atomic mass is 10.0. The molecular formula is C11H15Br. The Morgan fingerprint density at radius 2 is 2.17 bits per heavy atom. The van der Waals surface area contributed by atoms with Crippen LogP contribution in [-0.2, 0) is 6.42 Å². The molecule has 1 atom stereocenters. The maximum Gasteiger partial charge on any atom is 0.00975 e. The average Bonchev–Trinajstić information content (AvgIpc) is 2.17. The second-order valence-electron chi connectivity index (χ2n) is 3.15. The van der Waals surface area contributed by atoms with E-state index in [1.165, 1.54) is 11.1 Å². The Labute approximate surface area is 83.1 Å². The molecule has 0 bridgehead atoms. The highest BCUT2D eigenvalue weighted by Gasteiger charge is 2.02. The molecule has 1 unspecified atom stereocenters. The van der Waals surface area contributed by atoms with Crippen molar-refractivity contribution in [3.63, 3.8) is 0 Å². The maximum absolute atomic E-state index is 3.50. The van der Waals surface area contributed by atoms with Crippen LogP contribution < -0.4 is 0 Å². The van der Waals surface area contributed by atoms with Crippen molar-refractivity contribution < 1.29 is 0 Å². The number of aryl methyl sites for hydroxylation is 1. The zero-order valence-electron chi connectivity index (χ0n) is 7.68. The van der Waals surface area contributed by atoms with E-state index in [0.29, 0.717) is 5.92 Å². The largest absolute Gasteiger partial charge is 0.0922 e. The van der Waals surface area contributed by atoms with Gasteiger partial charge in [-0.15, -0.1) is 0 Å². The van der Waals surface area contributed by atoms with Crippen molar-refractivity contribution >= 4 is 15.9 Å². The summed E-state index contributed by atoms with van der Waals surface area (Å²) in [6, 6.07) is 8.83. The molecule has 0 radical (unpaired) electrons. The summed E-state index contributed by atoms with van der Waals surface area (Å²) in [6.45, 7) is 4.43. The van der Waals surface area contributed by atoms with Gasteiger partial charge in [-0.05, 0) is 23.5 Å². The molecule has 1 rings (SSSR count). The Morgan fingerprint density at radius 1 is 1.42 bits per heavy atom. The van der Waals surface area contributed by atoms with Crippen LogP contribution in [0.3, 0.4) is 0 Å². The van der Waals surface area contributed by atoms with Gasteiger partial charge in [-0.3, -0.25) is 0 Å². The molecule has 1 aromatic carbocycles. The Kier molecular flexibility index (Phi) is 3.80. The topological polar surface area (TPSA) is 0 Å². The van der Waals surface area contributed by atoms with E-state index in [2.05, 4.69) is 54.0 Å². The van der Waals surface area contributed by atoms with E-state index in [1.54, 1.807) is 0 Å². The second-order valence-corrected chi connectivity index (χ2v) is 3.80. The van der Waals surface area contributed by atoms with Gasteiger partial charge in [-0.2, -0.15) is 0 Å². The molecule has 1 aromatic rings. The van der Waals surface area contributed by atoms with E-state index in [0.717, 1.165) is 11.8 Å². The quantitative estimate of drug-likeness (QED) is 0.690. The molecule has 66 valence electrons. The van der Waals surface area contributed by atoms with E-state index in [9.17, 15) is 0 Å². The van der Waals surface area contributed by atoms with Crippen molar-refractivity contribution in [2.45, 2.75) is 26.2 Å². The van der Waals surface area contributed by atoms with E-state index in [1.807, 2.05) is 0 Å². The number of benzene rings is 1. The molecule has 0 aliphatic carbocycles. The fourth-order valence-electron chi connectivity index (χ4n) is 1.21. The number of alkyl halides is 1. The smallest absolute Gasteiger partial charge is 0.00975 e. The van der Waals surface area contributed by atoms with Crippen molar-refractivity contribution in [3.05, 3.63) is 35.4 Å². The number of hydrogen-bond acceptors (Lipinski definition) is 0. The van der Waals surface area contributed by atoms with Gasteiger partial charge in [-0.1, -0.05) is 54.0 Å². The van der Waals surface area contributed by atoms with Gasteiger partial charge in [-0.25, -0.2) is 0 Å². The fourth-order valence-corrected chi connectivity index (χ4v) is 1.58. The Morgan fingerprint density at radius 3 is 2.75 bits per heavy atom. The third kappa shape index (κ3) is 2.34. The summed E-state index contributed by atoms with van der Waals surface area (Å²) < 4.78 is 0. The first-order chi connectivity index (χ1) is 5.77. The van der Waals surface area contributed by atoms with Gasteiger partial charge in [0.1, 0.15) is 0 Å². The van der Waals surface area contributed by atoms with Crippen molar-refractivity contribution in [1.82, 2.24) is 0 Å². The van der Waals surface area contributed by atoms with Crippen LogP contribution in [0, 0.1) is 0 Å². The lowest BCUT2D eigenvalue weighted by Gasteiger charge is -2.08. The molecular weight excluding hydrogens is 212 g/mol. The van der Waals surface area contributed by atoms with Crippen LogP contribution in [0.5, 0.6) is 0 Å². The Hall–Kier alpha value is -0.300. The fraction of sp³-hybridized carbons (Fsp3) is 0.455. The minimum Gasteiger partial charge on any atom is -0.0922 e. The van der Waals surface area contributed by atoms with E-state index in [-0.39, 0.29) is 0 Å². The summed E-state index contributed by atoms with van der Waals surface area (Å²) in [7, 11) is 0. The summed E-state index contributed by atoms with van der Waals surface area (Å²) in [4.78, 5) is 0. The monoisotopic (exact) mass is 226 g/mol. The Balaban J connectivity index is 2.86. The summed E-state index contributed by atoms with van der Waals surface area (Å²) in [5.74, 6) is 0.622. The van der Waals surface area contributed by atoms with Gasteiger partial charge in [0.15, 0.2) is 0 Å². The summed E-state index contributed by atoms with van der Waals surface area (Å²) >= 11 is 3.50. The first-order valence-electron chi connectivity index (χ1n) is 4.42. The van der Waals surface area contributed by atoms with Crippen molar-refractivity contribution in [3.8, 4) is 0 Å². The highest BCUT2D eigenvalue weighted by atomic mass is 79.9. The predicted molar refractivity (Wildman–Crippen MR) is 58.0 cm³/mol. The van der Waals surface area contributed by atoms with Crippen LogP contribution in [-0.4, -0.2) is 5.33 Å². The second kappa shape index (κ2) is 4.66. The third-order valence-corrected chi connectivity index (χ3v) is 3.13. The minimum atomic E-state index is 0.622. The zero-order chi connectivity index (χ0) is 8.97. The van der Waals surface area contributed by atoms with Crippen molar-refractivity contribution in [2.24, 2.45) is 0 Å². The average molecular weight is 227 g/mol. The standard InChI is InChI=1S/C11H15Br/c1-3-10-5-4-6-11(7-10)9(2)8-12/h4-7,9H,3,8H2,1-2H3. The van der Waals surface area contributed by atoms with Crippen LogP contribution in [0.25, 0.3) is 0 Å². The van der Waals surface area contributed by atoms with Gasteiger partial charge in [0.2, 0.25) is 0 Å². The van der Waals surface area contributed by atoms with Crippen LogP contribution in [0.1, 0.15) is 30.9 Å². The molecule has 0 aromatic heterocycles. The lowest BCUT2D eigenvalue weighted by Crippen LogP contribution is -1.94. The Bertz CT molecular complexity index is 243. The summed E-state index contributed by atoms with van der Waals surface area (Å²) in [5.41, 5.74) is 2.87. The molecule has 0 saturated carbocycles. The molecule has 1 heteroatoms. The molecule has 0 aliphatic rings. The number of rotatable bonds is 3. The van der Waals surface area contributed by atoms with Gasteiger partial charge in [0, 0.05) is 5.33 Å². The number of halogens is 1. The molecule has 0 heterocycles. The molecule has 12 heavy (non-hydrogen) atoms. The zero-order valence-corrected chi connectivity index (χ0v) is 9.26. The van der Waals surface area contributed by atoms with Crippen LogP contribution in [0.4, 0.5) is 0 Å². The maximum atomic E-state index is 3.50. The predicted octanol–water partition coefficient (Wildman–Crippen LogP) is 3.75. The van der Waals surface area contributed by atoms with Gasteiger partial charge in [0.05, 0.1) is 0 Å². The molecule has 0 amide bonds. The van der Waals surface area contributed by atoms with E-state index in [4.69, 9.17) is 0 Å². The van der Waals surface area contributed by atoms with E-state index >= 15 is 0 Å². The molecule has 0 fully saturated rings. The van der Waals surface area contributed by atoms with Crippen molar-refractivity contribution in [1.29, 1.82) is 0 Å². The summed E-state index contributed by atoms with van der Waals surface area (Å²) in [6.07, 6.45) is 1.13.